The van der Waals surface area contributed by atoms with E-state index in [2.05, 4.69) is 71.1 Å². The van der Waals surface area contributed by atoms with Crippen molar-refractivity contribution in [2.45, 2.75) is 55.4 Å². The van der Waals surface area contributed by atoms with Gasteiger partial charge in [-0.15, -0.1) is 45.3 Å². The van der Waals surface area contributed by atoms with E-state index in [1.165, 1.54) is 93.0 Å². The van der Waals surface area contributed by atoms with E-state index in [1.54, 1.807) is 0 Å². The fourth-order valence-corrected chi connectivity index (χ4v) is 10.9. The van der Waals surface area contributed by atoms with Crippen molar-refractivity contribution < 1.29 is 0 Å². The van der Waals surface area contributed by atoms with Gasteiger partial charge in [-0.25, -0.2) is 0 Å². The molecular formula is C26H28B2S4. The molecule has 0 radical (unpaired) electrons. The van der Waals surface area contributed by atoms with Crippen molar-refractivity contribution in [3.05, 3.63) is 44.5 Å². The van der Waals surface area contributed by atoms with Gasteiger partial charge in [-0.05, 0) is 99.9 Å². The van der Waals surface area contributed by atoms with Gasteiger partial charge in [-0.2, -0.15) is 0 Å². The van der Waals surface area contributed by atoms with Crippen LogP contribution in [-0.4, -0.2) is 15.7 Å². The number of hydrogen-bond acceptors (Lipinski definition) is 4. The zero-order valence-corrected chi connectivity index (χ0v) is 23.9. The van der Waals surface area contributed by atoms with E-state index in [1.807, 2.05) is 45.3 Å². The van der Waals surface area contributed by atoms with Gasteiger partial charge < -0.3 is 0 Å². The van der Waals surface area contributed by atoms with Crippen LogP contribution in [0.25, 0.3) is 37.6 Å². The number of aryl methyl sites for hydroxylation is 4. The largest absolute Gasteiger partial charge is 0.143 e. The standard InChI is InChI=1S/C26H28B2S4/c1-9-10(2)14(6)20-19(13(9)5)29-23-17(27)25-26(18(28)24(23)30-20)32-22-16(8)12(4)11(3)15(7)21(22)31-25/h27-28H2,1-8H3. The van der Waals surface area contributed by atoms with Crippen LogP contribution in [0, 0.1) is 55.4 Å². The third-order valence-corrected chi connectivity index (χ3v) is 14.0. The third kappa shape index (κ3) is 2.92. The summed E-state index contributed by atoms with van der Waals surface area (Å²) in [4.78, 5) is 0. The number of rotatable bonds is 0. The number of hydrogen-bond donors (Lipinski definition) is 0. The quantitative estimate of drug-likeness (QED) is 0.168. The van der Waals surface area contributed by atoms with Gasteiger partial charge in [0.2, 0.25) is 0 Å². The van der Waals surface area contributed by atoms with Crippen molar-refractivity contribution in [2.75, 3.05) is 0 Å². The predicted molar refractivity (Wildman–Crippen MR) is 160 cm³/mol. The monoisotopic (exact) mass is 490 g/mol. The van der Waals surface area contributed by atoms with Gasteiger partial charge in [0.15, 0.2) is 0 Å². The first-order valence-corrected chi connectivity index (χ1v) is 14.4. The van der Waals surface area contributed by atoms with Crippen LogP contribution in [0.5, 0.6) is 0 Å². The summed E-state index contributed by atoms with van der Waals surface area (Å²) >= 11 is 8.04. The topological polar surface area (TPSA) is 0 Å². The van der Waals surface area contributed by atoms with E-state index in [0.29, 0.717) is 0 Å². The molecule has 2 heterocycles. The van der Waals surface area contributed by atoms with Gasteiger partial charge >= 0.3 is 0 Å². The highest BCUT2D eigenvalue weighted by Gasteiger charge is 2.19. The Morgan fingerprint density at radius 1 is 0.312 bits per heavy atom. The van der Waals surface area contributed by atoms with Gasteiger partial charge in [0, 0.05) is 37.6 Å². The van der Waals surface area contributed by atoms with Gasteiger partial charge in [-0.1, -0.05) is 10.9 Å². The average Bonchev–Trinajstić information content (AvgIpc) is 2.80. The molecule has 0 unspecified atom stereocenters. The first-order valence-electron chi connectivity index (χ1n) is 11.1. The molecule has 5 rings (SSSR count). The number of fused-ring (bicyclic) bond motifs is 4. The first kappa shape index (κ1) is 22.5. The molecule has 0 fully saturated rings. The molecule has 3 aromatic carbocycles. The normalized spacial score (nSPS) is 12.0. The molecular weight excluding hydrogens is 462 g/mol. The summed E-state index contributed by atoms with van der Waals surface area (Å²) < 4.78 is 11.8. The molecule has 0 spiro atoms. The van der Waals surface area contributed by atoms with E-state index in [0.717, 1.165) is 0 Å². The minimum atomic E-state index is 1.45. The van der Waals surface area contributed by atoms with Crippen LogP contribution >= 0.6 is 45.3 Å². The summed E-state index contributed by atoms with van der Waals surface area (Å²) in [7, 11) is 4.70. The molecule has 162 valence electrons. The van der Waals surface area contributed by atoms with Crippen LogP contribution in [0.3, 0.4) is 0 Å². The third-order valence-electron chi connectivity index (χ3n) is 7.74. The van der Waals surface area contributed by atoms with Crippen LogP contribution in [-0.2, 0) is 0 Å². The molecule has 0 N–H and O–H groups in total. The molecule has 5 aromatic rings. The summed E-state index contributed by atoms with van der Waals surface area (Å²) in [6.45, 7) is 18.3. The zero-order chi connectivity index (χ0) is 23.2. The van der Waals surface area contributed by atoms with Crippen molar-refractivity contribution >= 4 is 110 Å². The Labute approximate surface area is 208 Å². The van der Waals surface area contributed by atoms with Crippen LogP contribution in [0.4, 0.5) is 0 Å². The van der Waals surface area contributed by atoms with E-state index in [4.69, 9.17) is 0 Å². The predicted octanol–water partition coefficient (Wildman–Crippen LogP) is 6.65. The summed E-state index contributed by atoms with van der Waals surface area (Å²) in [6.07, 6.45) is 0. The maximum absolute atomic E-state index is 2.35. The molecule has 0 saturated heterocycles. The highest BCUT2D eigenvalue weighted by molar-refractivity contribution is 7.41. The Kier molecular flexibility index (Phi) is 5.33. The molecule has 2 aromatic heterocycles. The zero-order valence-electron chi connectivity index (χ0n) is 20.6. The highest BCUT2D eigenvalue weighted by Crippen LogP contribution is 2.43. The van der Waals surface area contributed by atoms with Gasteiger partial charge in [-0.3, -0.25) is 0 Å². The lowest BCUT2D eigenvalue weighted by Crippen LogP contribution is -2.14. The van der Waals surface area contributed by atoms with E-state index < -0.39 is 0 Å². The van der Waals surface area contributed by atoms with Gasteiger partial charge in [0.05, 0.1) is 0 Å². The van der Waals surface area contributed by atoms with Crippen LogP contribution in [0.2, 0.25) is 0 Å². The Morgan fingerprint density at radius 2 is 0.500 bits per heavy atom. The lowest BCUT2D eigenvalue weighted by Gasteiger charge is -2.18. The first-order chi connectivity index (χ1) is 15.0. The smallest absolute Gasteiger partial charge is 0.134 e. The van der Waals surface area contributed by atoms with Gasteiger partial charge in [0.1, 0.15) is 15.7 Å². The summed E-state index contributed by atoms with van der Waals surface area (Å²) in [6, 6.07) is 0. The second-order valence-corrected chi connectivity index (χ2v) is 13.4. The summed E-state index contributed by atoms with van der Waals surface area (Å²) in [5.74, 6) is 0. The second-order valence-electron chi connectivity index (χ2n) is 9.29. The van der Waals surface area contributed by atoms with Crippen LogP contribution in [0.15, 0.2) is 0 Å². The molecule has 0 atom stereocenters. The van der Waals surface area contributed by atoms with E-state index in [-0.39, 0.29) is 0 Å². The molecule has 0 nitrogen and oxygen atoms in total. The average molecular weight is 490 g/mol. The lowest BCUT2D eigenvalue weighted by atomic mass is 9.89. The van der Waals surface area contributed by atoms with Crippen LogP contribution < -0.4 is 10.9 Å². The summed E-state index contributed by atoms with van der Waals surface area (Å²) in [5.41, 5.74) is 14.5. The SMILES string of the molecule is Bc1c2sc3c(C)c(C)c(C)c(C)c3sc2c(B)c2sc3c(C)c(C)c(C)c(C)c3sc12. The highest BCUT2D eigenvalue weighted by atomic mass is 32.1. The minimum Gasteiger partial charge on any atom is -0.134 e. The maximum atomic E-state index is 2.35. The fourth-order valence-electron chi connectivity index (χ4n) is 4.77. The van der Waals surface area contributed by atoms with Crippen molar-refractivity contribution in [3.8, 4) is 0 Å². The number of benzene rings is 3. The molecule has 0 aliphatic rings. The van der Waals surface area contributed by atoms with E-state index in [9.17, 15) is 0 Å². The van der Waals surface area contributed by atoms with E-state index >= 15 is 0 Å². The summed E-state index contributed by atoms with van der Waals surface area (Å²) in [5, 5.41) is 0. The Balaban J connectivity index is 2.04. The Hall–Kier alpha value is -1.33. The fraction of sp³-hybridized carbons (Fsp3) is 0.308. The molecule has 0 aliphatic heterocycles. The molecule has 6 heteroatoms. The maximum Gasteiger partial charge on any atom is 0.143 e. The minimum absolute atomic E-state index is 1.45. The van der Waals surface area contributed by atoms with Crippen LogP contribution in [0.1, 0.15) is 44.5 Å². The van der Waals surface area contributed by atoms with Crippen molar-refractivity contribution in [1.29, 1.82) is 0 Å². The van der Waals surface area contributed by atoms with Crippen molar-refractivity contribution in [2.24, 2.45) is 0 Å². The molecule has 0 aliphatic carbocycles. The molecule has 32 heavy (non-hydrogen) atoms. The lowest BCUT2D eigenvalue weighted by molar-refractivity contribution is 1.26. The van der Waals surface area contributed by atoms with Crippen molar-refractivity contribution in [1.82, 2.24) is 0 Å². The molecule has 0 bridgehead atoms. The van der Waals surface area contributed by atoms with Gasteiger partial charge in [0.25, 0.3) is 0 Å². The second kappa shape index (κ2) is 7.59. The van der Waals surface area contributed by atoms with Crippen molar-refractivity contribution in [3.63, 3.8) is 0 Å². The Bertz CT molecular complexity index is 1430. The Morgan fingerprint density at radius 3 is 0.688 bits per heavy atom. The molecule has 0 amide bonds. The molecule has 0 saturated carbocycles.